The predicted octanol–water partition coefficient (Wildman–Crippen LogP) is 2.09. The molecule has 1 N–H and O–H groups in total. The number of nitrogens with zero attached hydrogens (tertiary/aromatic N) is 2. The van der Waals surface area contributed by atoms with Gasteiger partial charge in [0.2, 0.25) is 5.91 Å². The first kappa shape index (κ1) is 15.7. The molecule has 1 atom stereocenters. The highest BCUT2D eigenvalue weighted by Gasteiger charge is 2.30. The molecule has 5 nitrogen and oxygen atoms in total. The Labute approximate surface area is 136 Å². The van der Waals surface area contributed by atoms with E-state index in [1.807, 2.05) is 4.90 Å². The number of fused-ring (bicyclic) bond motifs is 1. The highest BCUT2D eigenvalue weighted by molar-refractivity contribution is 5.92. The summed E-state index contributed by atoms with van der Waals surface area (Å²) in [5.41, 5.74) is 1.08. The number of carboxylic acids is 1. The van der Waals surface area contributed by atoms with E-state index in [1.54, 1.807) is 36.4 Å². The summed E-state index contributed by atoms with van der Waals surface area (Å²) in [5.74, 6) is -0.903. The maximum Gasteiger partial charge on any atom is 0.335 e. The van der Waals surface area contributed by atoms with Crippen molar-refractivity contribution in [3.05, 3.63) is 41.5 Å². The van der Waals surface area contributed by atoms with Crippen LogP contribution in [0, 0.1) is 0 Å². The first-order valence-electron chi connectivity index (χ1n) is 8.18. The molecule has 0 bridgehead atoms. The van der Waals surface area contributed by atoms with Gasteiger partial charge in [0.1, 0.15) is 0 Å². The lowest BCUT2D eigenvalue weighted by Crippen LogP contribution is -2.55. The lowest BCUT2D eigenvalue weighted by Gasteiger charge is -2.43. The van der Waals surface area contributed by atoms with Crippen LogP contribution in [0.25, 0.3) is 6.08 Å². The van der Waals surface area contributed by atoms with Gasteiger partial charge in [0.15, 0.2) is 0 Å². The summed E-state index contributed by atoms with van der Waals surface area (Å²) >= 11 is 0. The average Bonchev–Trinajstić information content (AvgIpc) is 2.59. The number of rotatable bonds is 3. The monoisotopic (exact) mass is 314 g/mol. The molecule has 3 rings (SSSR count). The van der Waals surface area contributed by atoms with E-state index in [1.165, 1.54) is 25.8 Å². The maximum atomic E-state index is 12.3. The van der Waals surface area contributed by atoms with Gasteiger partial charge in [-0.1, -0.05) is 18.6 Å². The van der Waals surface area contributed by atoms with Gasteiger partial charge in [0, 0.05) is 31.8 Å². The van der Waals surface area contributed by atoms with Crippen molar-refractivity contribution in [3.8, 4) is 0 Å². The van der Waals surface area contributed by atoms with Crippen molar-refractivity contribution in [1.82, 2.24) is 9.80 Å². The van der Waals surface area contributed by atoms with E-state index in [2.05, 4.69) is 4.90 Å². The molecule has 2 aliphatic heterocycles. The molecular weight excluding hydrogens is 292 g/mol. The van der Waals surface area contributed by atoms with Crippen LogP contribution in [0.5, 0.6) is 0 Å². The molecule has 0 radical (unpaired) electrons. The molecule has 0 aliphatic carbocycles. The predicted molar refractivity (Wildman–Crippen MR) is 88.2 cm³/mol. The van der Waals surface area contributed by atoms with E-state index in [4.69, 9.17) is 5.11 Å². The number of aromatic carboxylic acids is 1. The Hall–Kier alpha value is -2.14. The highest BCUT2D eigenvalue weighted by atomic mass is 16.4. The van der Waals surface area contributed by atoms with Crippen molar-refractivity contribution in [1.29, 1.82) is 0 Å². The number of benzene rings is 1. The van der Waals surface area contributed by atoms with Gasteiger partial charge in [0.05, 0.1) is 5.56 Å². The maximum absolute atomic E-state index is 12.3. The molecule has 0 saturated carbocycles. The Bertz CT molecular complexity index is 609. The first-order chi connectivity index (χ1) is 11.1. The van der Waals surface area contributed by atoms with Gasteiger partial charge in [-0.05, 0) is 43.2 Å². The summed E-state index contributed by atoms with van der Waals surface area (Å²) in [6.07, 6.45) is 7.06. The number of carbonyl (C=O) groups excluding carboxylic acids is 1. The summed E-state index contributed by atoms with van der Waals surface area (Å²) in [6, 6.07) is 7.05. The number of piperazine rings is 1. The minimum absolute atomic E-state index is 0.0394. The average molecular weight is 314 g/mol. The van der Waals surface area contributed by atoms with Gasteiger partial charge in [-0.2, -0.15) is 0 Å². The fraction of sp³-hybridized carbons (Fsp3) is 0.444. The number of amides is 1. The second-order valence-electron chi connectivity index (χ2n) is 6.23. The van der Waals surface area contributed by atoms with Crippen molar-refractivity contribution in [3.63, 3.8) is 0 Å². The van der Waals surface area contributed by atoms with Crippen molar-refractivity contribution in [2.45, 2.75) is 25.3 Å². The van der Waals surface area contributed by atoms with Gasteiger partial charge in [-0.25, -0.2) is 4.79 Å². The van der Waals surface area contributed by atoms with E-state index in [0.29, 0.717) is 6.04 Å². The van der Waals surface area contributed by atoms with Crippen LogP contribution in [0.1, 0.15) is 35.2 Å². The van der Waals surface area contributed by atoms with Gasteiger partial charge in [0.25, 0.3) is 0 Å². The zero-order valence-electron chi connectivity index (χ0n) is 13.1. The Balaban J connectivity index is 1.59. The SMILES string of the molecule is O=C(O)c1ccc(/C=C/C(=O)N2CCN3CCCCC3C2)cc1. The van der Waals surface area contributed by atoms with Crippen LogP contribution in [0.15, 0.2) is 30.3 Å². The molecule has 1 aromatic carbocycles. The lowest BCUT2D eigenvalue weighted by atomic mass is 9.99. The molecule has 23 heavy (non-hydrogen) atoms. The van der Waals surface area contributed by atoms with Crippen molar-refractivity contribution < 1.29 is 14.7 Å². The normalized spacial score (nSPS) is 22.1. The van der Waals surface area contributed by atoms with Crippen LogP contribution in [0.3, 0.4) is 0 Å². The van der Waals surface area contributed by atoms with Crippen LogP contribution < -0.4 is 0 Å². The van der Waals surface area contributed by atoms with Crippen molar-refractivity contribution >= 4 is 18.0 Å². The quantitative estimate of drug-likeness (QED) is 0.868. The smallest absolute Gasteiger partial charge is 0.335 e. The number of carbonyl (C=O) groups is 2. The van der Waals surface area contributed by atoms with E-state index in [-0.39, 0.29) is 11.5 Å². The number of carboxylic acid groups (broad SMARTS) is 1. The molecule has 2 heterocycles. The summed E-state index contributed by atoms with van der Waals surface area (Å²) in [7, 11) is 0. The third kappa shape index (κ3) is 3.79. The topological polar surface area (TPSA) is 60.9 Å². The highest BCUT2D eigenvalue weighted by Crippen LogP contribution is 2.21. The molecule has 1 amide bonds. The van der Waals surface area contributed by atoms with Crippen LogP contribution >= 0.6 is 0 Å². The molecule has 0 spiro atoms. The third-order valence-corrected chi connectivity index (χ3v) is 4.73. The minimum Gasteiger partial charge on any atom is -0.478 e. The van der Waals surface area contributed by atoms with E-state index < -0.39 is 5.97 Å². The second-order valence-corrected chi connectivity index (χ2v) is 6.23. The van der Waals surface area contributed by atoms with Crippen LogP contribution in [-0.4, -0.2) is 59.0 Å². The Morgan fingerprint density at radius 1 is 1.09 bits per heavy atom. The van der Waals surface area contributed by atoms with Gasteiger partial charge < -0.3 is 10.0 Å². The zero-order chi connectivity index (χ0) is 16.2. The minimum atomic E-state index is -0.943. The van der Waals surface area contributed by atoms with Crippen molar-refractivity contribution in [2.24, 2.45) is 0 Å². The molecule has 1 aromatic rings. The summed E-state index contributed by atoms with van der Waals surface area (Å²) in [5, 5.41) is 8.88. The molecule has 2 aliphatic rings. The molecule has 5 heteroatoms. The third-order valence-electron chi connectivity index (χ3n) is 4.73. The molecule has 2 fully saturated rings. The van der Waals surface area contributed by atoms with Crippen LogP contribution in [0.2, 0.25) is 0 Å². The first-order valence-corrected chi connectivity index (χ1v) is 8.18. The second kappa shape index (κ2) is 6.96. The van der Waals surface area contributed by atoms with E-state index in [0.717, 1.165) is 25.2 Å². The largest absolute Gasteiger partial charge is 0.478 e. The number of piperidine rings is 1. The van der Waals surface area contributed by atoms with E-state index >= 15 is 0 Å². The van der Waals surface area contributed by atoms with Gasteiger partial charge in [-0.15, -0.1) is 0 Å². The number of hydrogen-bond acceptors (Lipinski definition) is 3. The van der Waals surface area contributed by atoms with Crippen LogP contribution in [0.4, 0.5) is 0 Å². The molecule has 0 aromatic heterocycles. The summed E-state index contributed by atoms with van der Waals surface area (Å²) in [6.45, 7) is 3.74. The Morgan fingerprint density at radius 3 is 2.61 bits per heavy atom. The van der Waals surface area contributed by atoms with Crippen molar-refractivity contribution in [2.75, 3.05) is 26.2 Å². The van der Waals surface area contributed by atoms with Crippen LogP contribution in [-0.2, 0) is 4.79 Å². The molecular formula is C18H22N2O3. The Kier molecular flexibility index (Phi) is 4.76. The Morgan fingerprint density at radius 2 is 1.87 bits per heavy atom. The summed E-state index contributed by atoms with van der Waals surface area (Å²) in [4.78, 5) is 27.6. The molecule has 122 valence electrons. The standard InChI is InChI=1S/C18H22N2O3/c21-17(9-6-14-4-7-15(8-5-14)18(22)23)20-12-11-19-10-2-1-3-16(19)13-20/h4-9,16H,1-3,10-13H2,(H,22,23)/b9-6+. The molecule has 1 unspecified atom stereocenters. The zero-order valence-corrected chi connectivity index (χ0v) is 13.1. The number of hydrogen-bond donors (Lipinski definition) is 1. The van der Waals surface area contributed by atoms with Gasteiger partial charge in [-0.3, -0.25) is 9.69 Å². The molecule has 2 saturated heterocycles. The fourth-order valence-electron chi connectivity index (χ4n) is 3.37. The summed E-state index contributed by atoms with van der Waals surface area (Å²) < 4.78 is 0. The van der Waals surface area contributed by atoms with Gasteiger partial charge >= 0.3 is 5.97 Å². The van der Waals surface area contributed by atoms with E-state index in [9.17, 15) is 9.59 Å². The lowest BCUT2D eigenvalue weighted by molar-refractivity contribution is -0.129. The fourth-order valence-corrected chi connectivity index (χ4v) is 3.37.